The van der Waals surface area contributed by atoms with Crippen LogP contribution in [0.1, 0.15) is 18.4 Å². The summed E-state index contributed by atoms with van der Waals surface area (Å²) in [6.07, 6.45) is 3.40. The molecule has 0 spiro atoms. The molecule has 0 amide bonds. The van der Waals surface area contributed by atoms with Gasteiger partial charge in [0.15, 0.2) is 5.82 Å². The SMILES string of the molecule is O[C@@H](CN[C@H]1CCCN(c2cccnn2)C1)COCc1ccccc1. The summed E-state index contributed by atoms with van der Waals surface area (Å²) in [4.78, 5) is 2.24. The number of hydrogen-bond donors (Lipinski definition) is 2. The number of ether oxygens (including phenoxy) is 1. The number of hydrogen-bond acceptors (Lipinski definition) is 6. The Morgan fingerprint density at radius 1 is 1.24 bits per heavy atom. The lowest BCUT2D eigenvalue weighted by Crippen LogP contribution is -2.48. The van der Waals surface area contributed by atoms with Crippen molar-refractivity contribution in [2.45, 2.75) is 31.6 Å². The Bertz CT molecular complexity index is 611. The quantitative estimate of drug-likeness (QED) is 0.760. The highest BCUT2D eigenvalue weighted by molar-refractivity contribution is 5.37. The predicted molar refractivity (Wildman–Crippen MR) is 97.4 cm³/mol. The molecule has 2 N–H and O–H groups in total. The number of rotatable bonds is 8. The van der Waals surface area contributed by atoms with Gasteiger partial charge in [0.05, 0.1) is 19.3 Å². The molecule has 134 valence electrons. The van der Waals surface area contributed by atoms with Crippen molar-refractivity contribution < 1.29 is 9.84 Å². The van der Waals surface area contributed by atoms with Gasteiger partial charge in [-0.3, -0.25) is 0 Å². The zero-order valence-corrected chi connectivity index (χ0v) is 14.4. The van der Waals surface area contributed by atoms with Gasteiger partial charge < -0.3 is 20.1 Å². The maximum Gasteiger partial charge on any atom is 0.151 e. The highest BCUT2D eigenvalue weighted by Crippen LogP contribution is 2.16. The minimum Gasteiger partial charge on any atom is -0.389 e. The molecule has 0 aliphatic carbocycles. The van der Waals surface area contributed by atoms with E-state index in [1.54, 1.807) is 6.20 Å². The first-order valence-electron chi connectivity index (χ1n) is 8.87. The summed E-state index contributed by atoms with van der Waals surface area (Å²) in [6, 6.07) is 14.2. The Hall–Kier alpha value is -2.02. The van der Waals surface area contributed by atoms with Crippen molar-refractivity contribution in [2.24, 2.45) is 0 Å². The first-order valence-corrected chi connectivity index (χ1v) is 8.87. The van der Waals surface area contributed by atoms with E-state index in [0.29, 0.717) is 25.8 Å². The molecule has 25 heavy (non-hydrogen) atoms. The molecule has 0 saturated carbocycles. The second-order valence-electron chi connectivity index (χ2n) is 6.43. The topological polar surface area (TPSA) is 70.5 Å². The van der Waals surface area contributed by atoms with Crippen LogP contribution in [0.3, 0.4) is 0 Å². The Morgan fingerprint density at radius 2 is 2.12 bits per heavy atom. The molecule has 1 aromatic carbocycles. The average Bonchev–Trinajstić information content (AvgIpc) is 2.68. The van der Waals surface area contributed by atoms with Crippen molar-refractivity contribution in [1.29, 1.82) is 0 Å². The van der Waals surface area contributed by atoms with Gasteiger partial charge in [0, 0.05) is 31.9 Å². The van der Waals surface area contributed by atoms with Gasteiger partial charge in [-0.25, -0.2) is 0 Å². The maximum absolute atomic E-state index is 10.1. The summed E-state index contributed by atoms with van der Waals surface area (Å²) in [6.45, 7) is 3.29. The van der Waals surface area contributed by atoms with E-state index in [1.165, 1.54) is 0 Å². The van der Waals surface area contributed by atoms with Crippen LogP contribution in [-0.4, -0.2) is 53.7 Å². The molecule has 2 atom stereocenters. The lowest BCUT2D eigenvalue weighted by molar-refractivity contribution is 0.0274. The number of aromatic nitrogens is 2. The summed E-state index contributed by atoms with van der Waals surface area (Å²) in [5.74, 6) is 0.917. The molecule has 1 aliphatic heterocycles. The van der Waals surface area contributed by atoms with Gasteiger partial charge in [0.25, 0.3) is 0 Å². The third-order valence-corrected chi connectivity index (χ3v) is 4.37. The summed E-state index contributed by atoms with van der Waals surface area (Å²) in [5, 5.41) is 21.7. The molecule has 1 fully saturated rings. The van der Waals surface area contributed by atoms with Crippen LogP contribution in [0.15, 0.2) is 48.7 Å². The van der Waals surface area contributed by atoms with E-state index < -0.39 is 6.10 Å². The number of anilines is 1. The van der Waals surface area contributed by atoms with Gasteiger partial charge in [-0.2, -0.15) is 5.10 Å². The molecule has 2 aromatic rings. The highest BCUT2D eigenvalue weighted by Gasteiger charge is 2.21. The van der Waals surface area contributed by atoms with Crippen LogP contribution in [0.4, 0.5) is 5.82 Å². The molecule has 0 bridgehead atoms. The third-order valence-electron chi connectivity index (χ3n) is 4.37. The number of benzene rings is 1. The fourth-order valence-electron chi connectivity index (χ4n) is 3.06. The molecule has 0 radical (unpaired) electrons. The number of nitrogens with one attached hydrogen (secondary N) is 1. The standard InChI is InChI=1S/C19H26N4O2/c24-18(15-25-14-16-6-2-1-3-7-16)12-20-17-8-5-11-23(13-17)19-9-4-10-21-22-19/h1-4,6-7,9-10,17-18,20,24H,5,8,11-15H2/t17-,18-/m0/s1. The smallest absolute Gasteiger partial charge is 0.151 e. The molecule has 1 saturated heterocycles. The van der Waals surface area contributed by atoms with E-state index in [1.807, 2.05) is 42.5 Å². The number of piperidine rings is 1. The van der Waals surface area contributed by atoms with E-state index in [4.69, 9.17) is 4.74 Å². The van der Waals surface area contributed by atoms with Crippen LogP contribution >= 0.6 is 0 Å². The minimum absolute atomic E-state index is 0.336. The van der Waals surface area contributed by atoms with Crippen LogP contribution in [-0.2, 0) is 11.3 Å². The monoisotopic (exact) mass is 342 g/mol. The average molecular weight is 342 g/mol. The van der Waals surface area contributed by atoms with E-state index >= 15 is 0 Å². The van der Waals surface area contributed by atoms with Gasteiger partial charge in [-0.15, -0.1) is 5.10 Å². The van der Waals surface area contributed by atoms with Crippen LogP contribution in [0, 0.1) is 0 Å². The Kier molecular flexibility index (Phi) is 6.73. The zero-order valence-electron chi connectivity index (χ0n) is 14.4. The van der Waals surface area contributed by atoms with Crippen LogP contribution in [0.2, 0.25) is 0 Å². The number of aliphatic hydroxyl groups is 1. The number of aliphatic hydroxyl groups excluding tert-OH is 1. The number of nitrogens with zero attached hydrogens (tertiary/aromatic N) is 3. The van der Waals surface area contributed by atoms with Crippen molar-refractivity contribution in [1.82, 2.24) is 15.5 Å². The summed E-state index contributed by atoms with van der Waals surface area (Å²) >= 11 is 0. The largest absolute Gasteiger partial charge is 0.389 e. The Labute approximate surface area is 148 Å². The fraction of sp³-hybridized carbons (Fsp3) is 0.474. The van der Waals surface area contributed by atoms with E-state index in [9.17, 15) is 5.11 Å². The maximum atomic E-state index is 10.1. The van der Waals surface area contributed by atoms with Gasteiger partial charge >= 0.3 is 0 Å². The Morgan fingerprint density at radius 3 is 2.92 bits per heavy atom. The summed E-state index contributed by atoms with van der Waals surface area (Å²) in [5.41, 5.74) is 1.12. The van der Waals surface area contributed by atoms with Gasteiger partial charge in [-0.1, -0.05) is 30.3 Å². The zero-order chi connectivity index (χ0) is 17.3. The first kappa shape index (κ1) is 17.8. The molecule has 3 rings (SSSR count). The fourth-order valence-corrected chi connectivity index (χ4v) is 3.06. The van der Waals surface area contributed by atoms with Gasteiger partial charge in [-0.05, 0) is 30.5 Å². The van der Waals surface area contributed by atoms with Gasteiger partial charge in [0.1, 0.15) is 0 Å². The molecule has 6 heteroatoms. The van der Waals surface area contributed by atoms with Crippen molar-refractivity contribution in [2.75, 3.05) is 31.1 Å². The second kappa shape index (κ2) is 9.46. The third kappa shape index (κ3) is 5.77. The normalized spacial score (nSPS) is 18.9. The van der Waals surface area contributed by atoms with E-state index in [2.05, 4.69) is 20.4 Å². The second-order valence-corrected chi connectivity index (χ2v) is 6.43. The first-order chi connectivity index (χ1) is 12.3. The lowest BCUT2D eigenvalue weighted by Gasteiger charge is -2.34. The molecule has 2 heterocycles. The van der Waals surface area contributed by atoms with E-state index in [0.717, 1.165) is 37.3 Å². The molecule has 6 nitrogen and oxygen atoms in total. The molecular weight excluding hydrogens is 316 g/mol. The molecular formula is C19H26N4O2. The molecule has 0 unspecified atom stereocenters. The van der Waals surface area contributed by atoms with Crippen LogP contribution in [0.25, 0.3) is 0 Å². The van der Waals surface area contributed by atoms with Crippen LogP contribution < -0.4 is 10.2 Å². The highest BCUT2D eigenvalue weighted by atomic mass is 16.5. The van der Waals surface area contributed by atoms with Crippen LogP contribution in [0.5, 0.6) is 0 Å². The van der Waals surface area contributed by atoms with E-state index in [-0.39, 0.29) is 0 Å². The van der Waals surface area contributed by atoms with Crippen molar-refractivity contribution >= 4 is 5.82 Å². The minimum atomic E-state index is -0.504. The molecule has 1 aliphatic rings. The van der Waals surface area contributed by atoms with Crippen molar-refractivity contribution in [3.8, 4) is 0 Å². The summed E-state index contributed by atoms with van der Waals surface area (Å²) < 4.78 is 5.59. The predicted octanol–water partition coefficient (Wildman–Crippen LogP) is 1.61. The van der Waals surface area contributed by atoms with Crippen molar-refractivity contribution in [3.05, 3.63) is 54.2 Å². The van der Waals surface area contributed by atoms with Crippen molar-refractivity contribution in [3.63, 3.8) is 0 Å². The molecule has 1 aromatic heterocycles. The lowest BCUT2D eigenvalue weighted by atomic mass is 10.1. The summed E-state index contributed by atoms with van der Waals surface area (Å²) in [7, 11) is 0. The Balaban J connectivity index is 1.36. The van der Waals surface area contributed by atoms with Gasteiger partial charge in [0.2, 0.25) is 0 Å².